The molecule has 0 radical (unpaired) electrons. The van der Waals surface area contributed by atoms with Crippen LogP contribution in [0.1, 0.15) is 0 Å². The van der Waals surface area contributed by atoms with E-state index >= 15 is 0 Å². The predicted octanol–water partition coefficient (Wildman–Crippen LogP) is 4.39. The van der Waals surface area contributed by atoms with Gasteiger partial charge in [0.1, 0.15) is 10.3 Å². The Morgan fingerprint density at radius 1 is 0.850 bits per heavy atom. The van der Waals surface area contributed by atoms with E-state index in [0.29, 0.717) is 0 Å². The molecule has 4 aromatic rings. The summed E-state index contributed by atoms with van der Waals surface area (Å²) in [5.41, 5.74) is 1.97. The van der Waals surface area contributed by atoms with Crippen molar-refractivity contribution in [2.24, 2.45) is 0 Å². The molecule has 0 spiro atoms. The van der Waals surface area contributed by atoms with Crippen molar-refractivity contribution in [2.75, 3.05) is 0 Å². The van der Waals surface area contributed by atoms with Gasteiger partial charge in [0.25, 0.3) is 0 Å². The van der Waals surface area contributed by atoms with E-state index in [1.165, 1.54) is 4.90 Å². The fourth-order valence-electron chi connectivity index (χ4n) is 2.05. The molecule has 3 heterocycles. The highest BCUT2D eigenvalue weighted by atomic mass is 32.2. The minimum absolute atomic E-state index is 0.957. The molecule has 0 N–H and O–H groups in total. The van der Waals surface area contributed by atoms with Gasteiger partial charge in [-0.2, -0.15) is 0 Å². The van der Waals surface area contributed by atoms with Gasteiger partial charge in [-0.05, 0) is 30.3 Å². The van der Waals surface area contributed by atoms with E-state index in [2.05, 4.69) is 27.1 Å². The van der Waals surface area contributed by atoms with Gasteiger partial charge in [0.2, 0.25) is 0 Å². The Kier molecular flexibility index (Phi) is 2.86. The Bertz CT molecular complexity index is 863. The number of nitrogens with zero attached hydrogens (tertiary/aromatic N) is 3. The fraction of sp³-hybridized carbons (Fsp3) is 0. The molecule has 0 saturated carbocycles. The molecule has 5 heteroatoms. The molecule has 20 heavy (non-hydrogen) atoms. The van der Waals surface area contributed by atoms with Crippen LogP contribution in [0.5, 0.6) is 0 Å². The maximum absolute atomic E-state index is 4.61. The van der Waals surface area contributed by atoms with Crippen LogP contribution in [-0.4, -0.2) is 15.0 Å². The molecule has 0 aliphatic rings. The number of hydrogen-bond acceptors (Lipinski definition) is 5. The van der Waals surface area contributed by atoms with Crippen molar-refractivity contribution >= 4 is 44.3 Å². The van der Waals surface area contributed by atoms with Crippen molar-refractivity contribution in [3.05, 3.63) is 54.9 Å². The molecule has 3 aromatic heterocycles. The number of thiazole rings is 1. The fourth-order valence-corrected chi connectivity index (χ4v) is 4.13. The van der Waals surface area contributed by atoms with E-state index in [1.807, 2.05) is 36.5 Å². The largest absolute Gasteiger partial charge is 0.256 e. The highest BCUT2D eigenvalue weighted by Crippen LogP contribution is 2.36. The van der Waals surface area contributed by atoms with Gasteiger partial charge in [0, 0.05) is 22.7 Å². The Balaban J connectivity index is 1.80. The van der Waals surface area contributed by atoms with Gasteiger partial charge in [-0.1, -0.05) is 35.2 Å². The lowest BCUT2D eigenvalue weighted by Gasteiger charge is -2.02. The summed E-state index contributed by atoms with van der Waals surface area (Å²) in [5.74, 6) is 0. The Labute approximate surface area is 123 Å². The van der Waals surface area contributed by atoms with E-state index in [0.717, 1.165) is 25.6 Å². The lowest BCUT2D eigenvalue weighted by molar-refractivity contribution is 1.29. The zero-order chi connectivity index (χ0) is 13.4. The number of benzene rings is 1. The molecular weight excluding hydrogens is 286 g/mol. The molecule has 96 valence electrons. The molecule has 0 saturated heterocycles. The first-order chi connectivity index (χ1) is 9.90. The van der Waals surface area contributed by atoms with Crippen LogP contribution in [0.4, 0.5) is 0 Å². The number of hydrogen-bond donors (Lipinski definition) is 0. The van der Waals surface area contributed by atoms with Gasteiger partial charge in [-0.15, -0.1) is 0 Å². The minimum Gasteiger partial charge on any atom is -0.256 e. The first-order valence-corrected chi connectivity index (χ1v) is 7.77. The van der Waals surface area contributed by atoms with Crippen LogP contribution in [0, 0.1) is 0 Å². The molecule has 3 nitrogen and oxygen atoms in total. The van der Waals surface area contributed by atoms with Crippen molar-refractivity contribution in [1.82, 2.24) is 15.0 Å². The van der Waals surface area contributed by atoms with Gasteiger partial charge in [0.05, 0.1) is 5.52 Å². The van der Waals surface area contributed by atoms with Crippen LogP contribution in [0.2, 0.25) is 0 Å². The van der Waals surface area contributed by atoms with Crippen molar-refractivity contribution < 1.29 is 0 Å². The summed E-state index contributed by atoms with van der Waals surface area (Å²) in [6.07, 6.45) is 3.62. The molecule has 1 aromatic carbocycles. The minimum atomic E-state index is 0.957. The summed E-state index contributed by atoms with van der Waals surface area (Å²) in [6.45, 7) is 0. The Hall–Kier alpha value is -1.98. The molecule has 0 atom stereocenters. The summed E-state index contributed by atoms with van der Waals surface area (Å²) >= 11 is 3.29. The Morgan fingerprint density at radius 2 is 1.70 bits per heavy atom. The first-order valence-electron chi connectivity index (χ1n) is 6.13. The van der Waals surface area contributed by atoms with Crippen LogP contribution in [0.15, 0.2) is 64.1 Å². The zero-order valence-electron chi connectivity index (χ0n) is 10.4. The van der Waals surface area contributed by atoms with E-state index in [4.69, 9.17) is 0 Å². The first kappa shape index (κ1) is 11.8. The molecule has 0 bridgehead atoms. The molecule has 0 fully saturated rings. The second-order valence-electron chi connectivity index (χ2n) is 4.24. The monoisotopic (exact) mass is 295 g/mol. The second kappa shape index (κ2) is 4.85. The lowest BCUT2D eigenvalue weighted by Crippen LogP contribution is -1.80. The van der Waals surface area contributed by atoms with Crippen molar-refractivity contribution in [2.45, 2.75) is 9.24 Å². The number of aromatic nitrogens is 3. The van der Waals surface area contributed by atoms with E-state index in [1.54, 1.807) is 29.3 Å². The summed E-state index contributed by atoms with van der Waals surface area (Å²) < 4.78 is 1.01. The highest BCUT2D eigenvalue weighted by Gasteiger charge is 2.08. The van der Waals surface area contributed by atoms with Crippen molar-refractivity contribution in [1.29, 1.82) is 0 Å². The summed E-state index contributed by atoms with van der Waals surface area (Å²) in [6, 6.07) is 14.1. The van der Waals surface area contributed by atoms with Crippen LogP contribution in [0.3, 0.4) is 0 Å². The average Bonchev–Trinajstić information content (AvgIpc) is 2.90. The molecule has 0 aliphatic carbocycles. The quantitative estimate of drug-likeness (QED) is 0.550. The molecule has 0 amide bonds. The second-order valence-corrected chi connectivity index (χ2v) is 6.50. The third-order valence-corrected chi connectivity index (χ3v) is 5.07. The molecular formula is C15H9N3S2. The van der Waals surface area contributed by atoms with Crippen LogP contribution in [-0.2, 0) is 0 Å². The SMILES string of the molecule is c1cnc2sc(Sc3cccc4ncccc34)nc2c1. The smallest absolute Gasteiger partial charge is 0.157 e. The van der Waals surface area contributed by atoms with Crippen LogP contribution >= 0.6 is 23.1 Å². The summed E-state index contributed by atoms with van der Waals surface area (Å²) in [5, 5.41) is 1.16. The third kappa shape index (κ3) is 2.05. The normalized spacial score (nSPS) is 11.2. The van der Waals surface area contributed by atoms with Gasteiger partial charge in [-0.25, -0.2) is 9.97 Å². The maximum atomic E-state index is 4.61. The number of rotatable bonds is 2. The third-order valence-electron chi connectivity index (χ3n) is 2.95. The molecule has 0 unspecified atom stereocenters. The van der Waals surface area contributed by atoms with Crippen LogP contribution in [0.25, 0.3) is 21.3 Å². The van der Waals surface area contributed by atoms with Crippen molar-refractivity contribution in [3.8, 4) is 0 Å². The lowest BCUT2D eigenvalue weighted by atomic mass is 10.2. The molecule has 0 aliphatic heterocycles. The topological polar surface area (TPSA) is 38.7 Å². The van der Waals surface area contributed by atoms with Gasteiger partial charge < -0.3 is 0 Å². The standard InChI is InChI=1S/C15H9N3S2/c1-5-11-10(4-2-8-16-11)13(7-1)19-15-18-12-6-3-9-17-14(12)20-15/h1-9H. The van der Waals surface area contributed by atoms with Gasteiger partial charge in [-0.3, -0.25) is 4.98 Å². The van der Waals surface area contributed by atoms with Crippen molar-refractivity contribution in [3.63, 3.8) is 0 Å². The predicted molar refractivity (Wildman–Crippen MR) is 83.3 cm³/mol. The highest BCUT2D eigenvalue weighted by molar-refractivity contribution is 8.01. The van der Waals surface area contributed by atoms with E-state index < -0.39 is 0 Å². The van der Waals surface area contributed by atoms with Gasteiger partial charge >= 0.3 is 0 Å². The zero-order valence-corrected chi connectivity index (χ0v) is 12.0. The molecule has 4 rings (SSSR count). The number of pyridine rings is 2. The number of fused-ring (bicyclic) bond motifs is 2. The van der Waals surface area contributed by atoms with E-state index in [-0.39, 0.29) is 0 Å². The van der Waals surface area contributed by atoms with Gasteiger partial charge in [0.15, 0.2) is 4.34 Å². The Morgan fingerprint density at radius 3 is 2.65 bits per heavy atom. The summed E-state index contributed by atoms with van der Waals surface area (Å²) in [4.78, 5) is 15.5. The maximum Gasteiger partial charge on any atom is 0.157 e. The van der Waals surface area contributed by atoms with Crippen LogP contribution < -0.4 is 0 Å². The van der Waals surface area contributed by atoms with E-state index in [9.17, 15) is 0 Å². The average molecular weight is 295 g/mol. The summed E-state index contributed by atoms with van der Waals surface area (Å²) in [7, 11) is 0.